The van der Waals surface area contributed by atoms with Gasteiger partial charge >= 0.3 is 0 Å². The Balaban J connectivity index is 1.11. The highest BCUT2D eigenvalue weighted by Gasteiger charge is 2.51. The van der Waals surface area contributed by atoms with E-state index in [0.29, 0.717) is 0 Å². The summed E-state index contributed by atoms with van der Waals surface area (Å²) in [5, 5.41) is 4.67. The van der Waals surface area contributed by atoms with Crippen LogP contribution in [-0.4, -0.2) is 0 Å². The molecule has 0 amide bonds. The molecule has 0 atom stereocenters. The van der Waals surface area contributed by atoms with Crippen LogP contribution in [0.5, 0.6) is 0 Å². The maximum Gasteiger partial charge on any atom is 0.143 e. The van der Waals surface area contributed by atoms with E-state index in [-0.39, 0.29) is 0 Å². The molecule has 0 radical (unpaired) electrons. The van der Waals surface area contributed by atoms with Crippen LogP contribution in [0.1, 0.15) is 22.3 Å². The van der Waals surface area contributed by atoms with Gasteiger partial charge in [-0.05, 0) is 103 Å². The maximum atomic E-state index is 6.95. The molecule has 0 bridgehead atoms. The Kier molecular flexibility index (Phi) is 6.29. The molecule has 0 saturated heterocycles. The summed E-state index contributed by atoms with van der Waals surface area (Å²) in [5.41, 5.74) is 17.4. The second kappa shape index (κ2) is 11.4. The summed E-state index contributed by atoms with van der Waals surface area (Å²) in [6.45, 7) is 0. The predicted octanol–water partition coefficient (Wildman–Crippen LogP) is 14.2. The largest absolute Gasteiger partial charge is 0.455 e. The van der Waals surface area contributed by atoms with Crippen molar-refractivity contribution in [3.05, 3.63) is 222 Å². The van der Waals surface area contributed by atoms with Crippen molar-refractivity contribution in [2.24, 2.45) is 0 Å². The maximum absolute atomic E-state index is 6.95. The lowest BCUT2D eigenvalue weighted by molar-refractivity contribution is 0.670. The van der Waals surface area contributed by atoms with Crippen LogP contribution in [0, 0.1) is 0 Å². The fourth-order valence-corrected chi connectivity index (χ4v) is 9.83. The zero-order valence-electron chi connectivity index (χ0n) is 29.9. The van der Waals surface area contributed by atoms with Crippen LogP contribution in [0.25, 0.3) is 66.1 Å². The SMILES string of the molecule is c1ccc(-c2cc3ccccc3c3c2oc2cc(N(c4ccccc4)c4ccc5c(c4)C4(c6ccccc6-c6ccccc64)c4ccccc4-5)ccc23)cc1. The van der Waals surface area contributed by atoms with E-state index < -0.39 is 5.41 Å². The summed E-state index contributed by atoms with van der Waals surface area (Å²) in [6, 6.07) is 73.0. The van der Waals surface area contributed by atoms with Crippen LogP contribution < -0.4 is 4.90 Å². The monoisotopic (exact) mass is 699 g/mol. The van der Waals surface area contributed by atoms with Gasteiger partial charge in [-0.25, -0.2) is 0 Å². The van der Waals surface area contributed by atoms with Gasteiger partial charge in [0.25, 0.3) is 0 Å². The molecule has 0 saturated carbocycles. The molecular formula is C53H33NO. The van der Waals surface area contributed by atoms with Crippen LogP contribution in [0.15, 0.2) is 205 Å². The summed E-state index contributed by atoms with van der Waals surface area (Å²) < 4.78 is 6.95. The third-order valence-corrected chi connectivity index (χ3v) is 12.0. The molecule has 1 spiro atoms. The molecule has 0 fully saturated rings. The van der Waals surface area contributed by atoms with Crippen LogP contribution in [0.3, 0.4) is 0 Å². The molecule has 2 heteroatoms. The second-order valence-corrected chi connectivity index (χ2v) is 14.8. The highest BCUT2D eigenvalue weighted by Crippen LogP contribution is 2.63. The molecule has 2 aliphatic rings. The molecule has 2 nitrogen and oxygen atoms in total. The van der Waals surface area contributed by atoms with Crippen molar-refractivity contribution in [3.63, 3.8) is 0 Å². The smallest absolute Gasteiger partial charge is 0.143 e. The number of fused-ring (bicyclic) bond motifs is 15. The topological polar surface area (TPSA) is 16.4 Å². The minimum atomic E-state index is -0.422. The van der Waals surface area contributed by atoms with Gasteiger partial charge in [0, 0.05) is 39.5 Å². The van der Waals surface area contributed by atoms with Gasteiger partial charge in [0.1, 0.15) is 11.2 Å². The van der Waals surface area contributed by atoms with Crippen molar-refractivity contribution >= 4 is 49.8 Å². The van der Waals surface area contributed by atoms with Gasteiger partial charge in [-0.1, -0.05) is 152 Å². The lowest BCUT2D eigenvalue weighted by Crippen LogP contribution is -2.26. The Morgan fingerprint density at radius 1 is 0.364 bits per heavy atom. The second-order valence-electron chi connectivity index (χ2n) is 14.8. The first-order valence-corrected chi connectivity index (χ1v) is 19.0. The molecule has 55 heavy (non-hydrogen) atoms. The number of hydrogen-bond donors (Lipinski definition) is 0. The molecule has 12 rings (SSSR count). The number of rotatable bonds is 4. The fourth-order valence-electron chi connectivity index (χ4n) is 9.83. The molecule has 1 aromatic heterocycles. The van der Waals surface area contributed by atoms with Gasteiger partial charge in [-0.2, -0.15) is 0 Å². The molecule has 256 valence electrons. The van der Waals surface area contributed by atoms with Gasteiger partial charge in [-0.15, -0.1) is 0 Å². The van der Waals surface area contributed by atoms with Crippen molar-refractivity contribution in [2.45, 2.75) is 5.41 Å². The van der Waals surface area contributed by atoms with E-state index in [2.05, 4.69) is 205 Å². The Hall–Kier alpha value is -7.16. The third-order valence-electron chi connectivity index (χ3n) is 12.0. The van der Waals surface area contributed by atoms with Crippen molar-refractivity contribution in [1.82, 2.24) is 0 Å². The highest BCUT2D eigenvalue weighted by molar-refractivity contribution is 6.22. The lowest BCUT2D eigenvalue weighted by atomic mass is 9.70. The molecule has 10 aromatic rings. The van der Waals surface area contributed by atoms with Crippen LogP contribution >= 0.6 is 0 Å². The molecule has 0 N–H and O–H groups in total. The van der Waals surface area contributed by atoms with Crippen LogP contribution in [0.4, 0.5) is 17.1 Å². The van der Waals surface area contributed by atoms with Gasteiger partial charge in [0.2, 0.25) is 0 Å². The van der Waals surface area contributed by atoms with E-state index in [0.717, 1.165) is 50.1 Å². The summed E-state index contributed by atoms with van der Waals surface area (Å²) in [7, 11) is 0. The zero-order valence-corrected chi connectivity index (χ0v) is 29.9. The zero-order chi connectivity index (χ0) is 36.1. The van der Waals surface area contributed by atoms with Crippen LogP contribution in [0.2, 0.25) is 0 Å². The van der Waals surface area contributed by atoms with Crippen LogP contribution in [-0.2, 0) is 5.41 Å². The van der Waals surface area contributed by atoms with E-state index in [1.165, 1.54) is 55.3 Å². The van der Waals surface area contributed by atoms with Gasteiger partial charge < -0.3 is 9.32 Å². The van der Waals surface area contributed by atoms with Crippen molar-refractivity contribution < 1.29 is 4.42 Å². The average Bonchev–Trinajstić information content (AvgIpc) is 3.88. The Bertz CT molecular complexity index is 3090. The van der Waals surface area contributed by atoms with E-state index in [1.807, 2.05) is 0 Å². The van der Waals surface area contributed by atoms with Crippen molar-refractivity contribution in [3.8, 4) is 33.4 Å². The fraction of sp³-hybridized carbons (Fsp3) is 0.0189. The van der Waals surface area contributed by atoms with E-state index >= 15 is 0 Å². The van der Waals surface area contributed by atoms with Crippen molar-refractivity contribution in [1.29, 1.82) is 0 Å². The minimum Gasteiger partial charge on any atom is -0.455 e. The first-order valence-electron chi connectivity index (χ1n) is 19.0. The van der Waals surface area contributed by atoms with E-state index in [9.17, 15) is 0 Å². The number of benzene rings is 9. The molecule has 9 aromatic carbocycles. The average molecular weight is 700 g/mol. The van der Waals surface area contributed by atoms with Gasteiger partial charge in [-0.3, -0.25) is 0 Å². The number of para-hydroxylation sites is 1. The summed E-state index contributed by atoms with van der Waals surface area (Å²) >= 11 is 0. The minimum absolute atomic E-state index is 0.422. The standard InChI is InChI=1S/C53H33NO/c1-3-15-34(16-4-1)45-31-35-17-7-8-20-39(35)51-44-30-28-38(33-50(44)55-52(45)51)54(36-18-5-2-6-19-36)37-27-29-43-42-23-11-14-26-48(42)53(49(43)32-37)46-24-12-9-21-40(46)41-22-10-13-25-47(41)53/h1-33H. The van der Waals surface area contributed by atoms with E-state index in [4.69, 9.17) is 4.42 Å². The number of anilines is 3. The Morgan fingerprint density at radius 3 is 1.60 bits per heavy atom. The molecule has 1 heterocycles. The normalized spacial score (nSPS) is 13.2. The first-order chi connectivity index (χ1) is 27.3. The third kappa shape index (κ3) is 4.14. The Morgan fingerprint density at radius 2 is 0.909 bits per heavy atom. The molecule has 0 unspecified atom stereocenters. The highest BCUT2D eigenvalue weighted by atomic mass is 16.3. The van der Waals surface area contributed by atoms with Gasteiger partial charge in [0.05, 0.1) is 5.41 Å². The van der Waals surface area contributed by atoms with E-state index in [1.54, 1.807) is 0 Å². The summed E-state index contributed by atoms with van der Waals surface area (Å²) in [5.74, 6) is 0. The first kappa shape index (κ1) is 30.3. The molecule has 2 aliphatic carbocycles. The molecular weight excluding hydrogens is 667 g/mol. The number of nitrogens with zero attached hydrogens (tertiary/aromatic N) is 1. The number of furan rings is 1. The van der Waals surface area contributed by atoms with Crippen molar-refractivity contribution in [2.75, 3.05) is 4.90 Å². The molecule has 0 aliphatic heterocycles. The lowest BCUT2D eigenvalue weighted by Gasteiger charge is -2.32. The number of hydrogen-bond acceptors (Lipinski definition) is 2. The Labute approximate surface area is 319 Å². The summed E-state index contributed by atoms with van der Waals surface area (Å²) in [6.07, 6.45) is 0. The predicted molar refractivity (Wildman–Crippen MR) is 228 cm³/mol. The van der Waals surface area contributed by atoms with Gasteiger partial charge in [0.15, 0.2) is 0 Å². The quantitative estimate of drug-likeness (QED) is 0.182. The summed E-state index contributed by atoms with van der Waals surface area (Å²) in [4.78, 5) is 2.38.